The van der Waals surface area contributed by atoms with Crippen LogP contribution in [-0.4, -0.2) is 32.3 Å². The van der Waals surface area contributed by atoms with E-state index in [-0.39, 0.29) is 5.91 Å². The molecule has 1 amide bonds. The maximum Gasteiger partial charge on any atom is 0.491 e. The van der Waals surface area contributed by atoms with E-state index in [0.29, 0.717) is 34.8 Å². The number of benzene rings is 2. The molecule has 0 radical (unpaired) electrons. The van der Waals surface area contributed by atoms with Crippen molar-refractivity contribution in [2.45, 2.75) is 6.61 Å². The number of anilines is 1. The van der Waals surface area contributed by atoms with Gasteiger partial charge in [0.15, 0.2) is 11.5 Å². The van der Waals surface area contributed by atoms with Gasteiger partial charge in [-0.25, -0.2) is 0 Å². The zero-order chi connectivity index (χ0) is 16.4. The molecule has 1 aliphatic rings. The minimum atomic E-state index is -0.942. The number of hydrogen-bond donors (Lipinski definition) is 2. The molecular formula is C16H16BNO5. The zero-order valence-electron chi connectivity index (χ0n) is 12.8. The highest BCUT2D eigenvalue weighted by Crippen LogP contribution is 2.28. The van der Waals surface area contributed by atoms with E-state index in [2.05, 4.69) is 5.32 Å². The highest BCUT2D eigenvalue weighted by Gasteiger charge is 2.27. The van der Waals surface area contributed by atoms with E-state index in [9.17, 15) is 9.82 Å². The molecular weight excluding hydrogens is 297 g/mol. The van der Waals surface area contributed by atoms with Crippen molar-refractivity contribution in [3.05, 3.63) is 47.5 Å². The minimum Gasteiger partial charge on any atom is -0.493 e. The monoisotopic (exact) mass is 313 g/mol. The summed E-state index contributed by atoms with van der Waals surface area (Å²) in [6.07, 6.45) is 0. The fraction of sp³-hybridized carbons (Fsp3) is 0.188. The van der Waals surface area contributed by atoms with Crippen molar-refractivity contribution >= 4 is 24.2 Å². The smallest absolute Gasteiger partial charge is 0.491 e. The van der Waals surface area contributed by atoms with Crippen LogP contribution in [-0.2, 0) is 11.3 Å². The lowest BCUT2D eigenvalue weighted by Gasteiger charge is -2.10. The maximum atomic E-state index is 12.4. The number of ether oxygens (including phenoxy) is 2. The predicted octanol–water partition coefficient (Wildman–Crippen LogP) is 1.17. The molecule has 0 spiro atoms. The van der Waals surface area contributed by atoms with Crippen molar-refractivity contribution in [3.8, 4) is 11.5 Å². The van der Waals surface area contributed by atoms with Gasteiger partial charge in [-0.1, -0.05) is 6.07 Å². The molecule has 7 heteroatoms. The minimum absolute atomic E-state index is 0.278. The molecule has 0 aromatic heterocycles. The molecule has 2 N–H and O–H groups in total. The van der Waals surface area contributed by atoms with Crippen LogP contribution < -0.4 is 20.3 Å². The highest BCUT2D eigenvalue weighted by molar-refractivity contribution is 6.61. The number of amides is 1. The van der Waals surface area contributed by atoms with Gasteiger partial charge in [-0.2, -0.15) is 0 Å². The fourth-order valence-corrected chi connectivity index (χ4v) is 2.47. The van der Waals surface area contributed by atoms with Gasteiger partial charge in [0.2, 0.25) is 0 Å². The first-order valence-corrected chi connectivity index (χ1v) is 7.08. The first kappa shape index (κ1) is 15.4. The molecule has 2 aromatic rings. The Bertz CT molecular complexity index is 749. The lowest BCUT2D eigenvalue weighted by atomic mass is 9.79. The van der Waals surface area contributed by atoms with Gasteiger partial charge in [0.25, 0.3) is 5.91 Å². The summed E-state index contributed by atoms with van der Waals surface area (Å²) in [7, 11) is 2.11. The van der Waals surface area contributed by atoms with Crippen LogP contribution in [0.1, 0.15) is 15.9 Å². The summed E-state index contributed by atoms with van der Waals surface area (Å²) < 4.78 is 15.5. The molecule has 0 saturated heterocycles. The third-order valence-corrected chi connectivity index (χ3v) is 3.71. The summed E-state index contributed by atoms with van der Waals surface area (Å²) in [5, 5.41) is 12.5. The number of carbonyl (C=O) groups is 1. The number of fused-ring (bicyclic) bond motifs is 1. The van der Waals surface area contributed by atoms with E-state index in [0.717, 1.165) is 5.56 Å². The second-order valence-corrected chi connectivity index (χ2v) is 5.10. The molecule has 2 aromatic carbocycles. The normalized spacial score (nSPS) is 12.7. The van der Waals surface area contributed by atoms with E-state index in [1.54, 1.807) is 30.3 Å². The van der Waals surface area contributed by atoms with Crippen LogP contribution in [0.4, 0.5) is 5.69 Å². The summed E-state index contributed by atoms with van der Waals surface area (Å²) in [5.74, 6) is 0.763. The lowest BCUT2D eigenvalue weighted by Crippen LogP contribution is -2.28. The van der Waals surface area contributed by atoms with Gasteiger partial charge in [0.05, 0.1) is 20.8 Å². The summed E-state index contributed by atoms with van der Waals surface area (Å²) in [4.78, 5) is 12.4. The summed E-state index contributed by atoms with van der Waals surface area (Å²) in [5.41, 5.74) is 2.63. The topological polar surface area (TPSA) is 77.0 Å². The van der Waals surface area contributed by atoms with Crippen molar-refractivity contribution in [2.75, 3.05) is 19.5 Å². The maximum absolute atomic E-state index is 12.4. The van der Waals surface area contributed by atoms with Crippen molar-refractivity contribution < 1.29 is 23.9 Å². The van der Waals surface area contributed by atoms with Crippen molar-refractivity contribution in [1.29, 1.82) is 0 Å². The molecule has 23 heavy (non-hydrogen) atoms. The number of hydrogen-bond acceptors (Lipinski definition) is 5. The Balaban J connectivity index is 1.81. The predicted molar refractivity (Wildman–Crippen MR) is 86.3 cm³/mol. The van der Waals surface area contributed by atoms with E-state index in [1.807, 2.05) is 6.07 Å². The quantitative estimate of drug-likeness (QED) is 0.829. The van der Waals surface area contributed by atoms with E-state index in [4.69, 9.17) is 14.1 Å². The Morgan fingerprint density at radius 2 is 1.96 bits per heavy atom. The standard InChI is InChI=1S/C16H16BNO5/c1-21-14-6-4-10(7-15(14)22-2)16(19)18-12-5-3-11-9-23-17(20)13(11)8-12/h3-8,20H,9H2,1-2H3,(H,18,19). The van der Waals surface area contributed by atoms with Crippen LogP contribution in [0.5, 0.6) is 11.5 Å². The molecule has 0 fully saturated rings. The first-order chi connectivity index (χ1) is 11.1. The van der Waals surface area contributed by atoms with Crippen LogP contribution in [0, 0.1) is 0 Å². The molecule has 0 saturated carbocycles. The van der Waals surface area contributed by atoms with Crippen molar-refractivity contribution in [3.63, 3.8) is 0 Å². The molecule has 1 aliphatic heterocycles. The van der Waals surface area contributed by atoms with Gasteiger partial charge in [-0.15, -0.1) is 0 Å². The molecule has 0 bridgehead atoms. The van der Waals surface area contributed by atoms with Crippen LogP contribution >= 0.6 is 0 Å². The van der Waals surface area contributed by atoms with Gasteiger partial charge in [0.1, 0.15) is 0 Å². The fourth-order valence-electron chi connectivity index (χ4n) is 2.47. The lowest BCUT2D eigenvalue weighted by molar-refractivity contribution is 0.102. The van der Waals surface area contributed by atoms with Crippen molar-refractivity contribution in [1.82, 2.24) is 0 Å². The average Bonchev–Trinajstić information content (AvgIpc) is 2.95. The van der Waals surface area contributed by atoms with Crippen molar-refractivity contribution in [2.24, 2.45) is 0 Å². The van der Waals surface area contributed by atoms with Crippen LogP contribution in [0.25, 0.3) is 0 Å². The Hall–Kier alpha value is -2.51. The molecule has 0 aliphatic carbocycles. The van der Waals surface area contributed by atoms with Gasteiger partial charge < -0.3 is 24.5 Å². The molecule has 0 atom stereocenters. The Morgan fingerprint density at radius 3 is 2.70 bits per heavy atom. The largest absolute Gasteiger partial charge is 0.493 e. The molecule has 1 heterocycles. The third kappa shape index (κ3) is 3.01. The number of rotatable bonds is 4. The van der Waals surface area contributed by atoms with Crippen LogP contribution in [0.2, 0.25) is 0 Å². The van der Waals surface area contributed by atoms with E-state index < -0.39 is 7.12 Å². The molecule has 3 rings (SSSR count). The molecule has 118 valence electrons. The van der Waals surface area contributed by atoms with E-state index >= 15 is 0 Å². The molecule has 6 nitrogen and oxygen atoms in total. The number of nitrogens with one attached hydrogen (secondary N) is 1. The second kappa shape index (κ2) is 6.32. The number of carbonyl (C=O) groups excluding carboxylic acids is 1. The Kier molecular flexibility index (Phi) is 4.23. The van der Waals surface area contributed by atoms with Crippen LogP contribution in [0.15, 0.2) is 36.4 Å². The van der Waals surface area contributed by atoms with E-state index in [1.165, 1.54) is 14.2 Å². The average molecular weight is 313 g/mol. The SMILES string of the molecule is COc1ccc(C(=O)Nc2ccc3c(c2)B(O)OC3)cc1OC. The van der Waals surface area contributed by atoms with Gasteiger partial charge in [-0.05, 0) is 41.4 Å². The Labute approximate surface area is 134 Å². The second-order valence-electron chi connectivity index (χ2n) is 5.10. The van der Waals surface area contributed by atoms with Gasteiger partial charge in [0, 0.05) is 11.3 Å². The highest BCUT2D eigenvalue weighted by atomic mass is 16.5. The summed E-state index contributed by atoms with van der Waals surface area (Å²) in [6, 6.07) is 10.3. The van der Waals surface area contributed by atoms with Gasteiger partial charge >= 0.3 is 7.12 Å². The van der Waals surface area contributed by atoms with Crippen LogP contribution in [0.3, 0.4) is 0 Å². The summed E-state index contributed by atoms with van der Waals surface area (Å²) >= 11 is 0. The first-order valence-electron chi connectivity index (χ1n) is 7.08. The molecule has 0 unspecified atom stereocenters. The van der Waals surface area contributed by atoms with Gasteiger partial charge in [-0.3, -0.25) is 4.79 Å². The third-order valence-electron chi connectivity index (χ3n) is 3.71. The summed E-state index contributed by atoms with van der Waals surface area (Å²) in [6.45, 7) is 0.375. The Morgan fingerprint density at radius 1 is 1.17 bits per heavy atom. The number of methoxy groups -OCH3 is 2. The zero-order valence-corrected chi connectivity index (χ0v) is 12.8.